The molecule has 1 heterocycles. The maximum Gasteiger partial charge on any atom is 0.252 e. The molecule has 3 N–H and O–H groups in total. The van der Waals surface area contributed by atoms with Gasteiger partial charge in [0.05, 0.1) is 12.1 Å². The second-order valence-electron chi connectivity index (χ2n) is 4.05. The molecule has 1 aromatic carbocycles. The number of halogens is 1. The minimum Gasteiger partial charge on any atom is -0.352 e. The lowest BCUT2D eigenvalue weighted by Gasteiger charge is -2.06. The van der Waals surface area contributed by atoms with Crippen LogP contribution in [0.4, 0.5) is 4.39 Å². The number of aromatic nitrogens is 2. The fourth-order valence-corrected chi connectivity index (χ4v) is 1.65. The molecule has 7 heteroatoms. The van der Waals surface area contributed by atoms with E-state index in [2.05, 4.69) is 31.8 Å². The third-order valence-corrected chi connectivity index (χ3v) is 2.59. The number of nitrogens with two attached hydrogens (primary N) is 1. The molecule has 0 saturated carbocycles. The summed E-state index contributed by atoms with van der Waals surface area (Å²) in [5.74, 6) is 4.95. The number of carbonyl (C=O) groups excluding carboxylic acids is 1. The smallest absolute Gasteiger partial charge is 0.252 e. The maximum atomic E-state index is 13.3. The number of nitrogens with zero attached hydrogens (tertiary/aromatic N) is 2. The van der Waals surface area contributed by atoms with E-state index in [0.29, 0.717) is 24.4 Å². The molecule has 0 atom stereocenters. The summed E-state index contributed by atoms with van der Waals surface area (Å²) in [5, 5.41) is 6.28. The van der Waals surface area contributed by atoms with Crippen molar-refractivity contribution in [1.29, 1.82) is 0 Å². The van der Waals surface area contributed by atoms with Crippen molar-refractivity contribution in [2.75, 3.05) is 13.1 Å². The Bertz CT molecular complexity index is 674. The summed E-state index contributed by atoms with van der Waals surface area (Å²) < 4.78 is 17.9. The van der Waals surface area contributed by atoms with E-state index in [1.807, 2.05) is 0 Å². The largest absolute Gasteiger partial charge is 0.352 e. The first-order valence-corrected chi connectivity index (χ1v) is 6.22. The van der Waals surface area contributed by atoms with Crippen LogP contribution in [0.25, 0.3) is 0 Å². The molecular formula is C14H13FN4O2. The Labute approximate surface area is 120 Å². The van der Waals surface area contributed by atoms with Crippen molar-refractivity contribution in [2.24, 2.45) is 5.73 Å². The summed E-state index contributed by atoms with van der Waals surface area (Å²) in [6.07, 6.45) is 1.63. The zero-order valence-corrected chi connectivity index (χ0v) is 11.1. The van der Waals surface area contributed by atoms with Crippen LogP contribution in [-0.4, -0.2) is 29.1 Å². The van der Waals surface area contributed by atoms with Crippen LogP contribution in [0.5, 0.6) is 0 Å². The van der Waals surface area contributed by atoms with Crippen molar-refractivity contribution >= 4 is 5.91 Å². The quantitative estimate of drug-likeness (QED) is 0.799. The molecule has 0 unspecified atom stereocenters. The molecule has 0 fully saturated rings. The Balaban J connectivity index is 2.05. The highest BCUT2D eigenvalue weighted by Gasteiger charge is 2.11. The topological polar surface area (TPSA) is 94.0 Å². The van der Waals surface area contributed by atoms with Gasteiger partial charge in [0.25, 0.3) is 5.91 Å². The van der Waals surface area contributed by atoms with Crippen LogP contribution in [0.15, 0.2) is 29.1 Å². The third-order valence-electron chi connectivity index (χ3n) is 2.59. The van der Waals surface area contributed by atoms with Crippen LogP contribution in [-0.2, 0) is 6.42 Å². The molecule has 2 rings (SSSR count). The van der Waals surface area contributed by atoms with E-state index in [9.17, 15) is 9.18 Å². The molecule has 0 spiro atoms. The van der Waals surface area contributed by atoms with E-state index in [4.69, 9.17) is 5.73 Å². The van der Waals surface area contributed by atoms with Crippen LogP contribution in [0, 0.1) is 17.7 Å². The van der Waals surface area contributed by atoms with Gasteiger partial charge in [-0.2, -0.15) is 4.98 Å². The van der Waals surface area contributed by atoms with Gasteiger partial charge in [0.15, 0.2) is 5.82 Å². The van der Waals surface area contributed by atoms with E-state index in [0.717, 1.165) is 6.07 Å². The molecule has 0 aliphatic carbocycles. The van der Waals surface area contributed by atoms with Crippen LogP contribution >= 0.6 is 0 Å². The van der Waals surface area contributed by atoms with Gasteiger partial charge in [0.1, 0.15) is 5.82 Å². The van der Waals surface area contributed by atoms with Crippen molar-refractivity contribution in [3.63, 3.8) is 0 Å². The minimum absolute atomic E-state index is 0.163. The minimum atomic E-state index is -0.503. The Morgan fingerprint density at radius 3 is 3.05 bits per heavy atom. The van der Waals surface area contributed by atoms with Gasteiger partial charge in [0.2, 0.25) is 6.39 Å². The van der Waals surface area contributed by atoms with Crippen LogP contribution in [0.1, 0.15) is 21.7 Å². The number of hydrogen-bond donors (Lipinski definition) is 2. The Morgan fingerprint density at radius 1 is 1.48 bits per heavy atom. The zero-order chi connectivity index (χ0) is 15.1. The van der Waals surface area contributed by atoms with Gasteiger partial charge in [-0.05, 0) is 18.2 Å². The summed E-state index contributed by atoms with van der Waals surface area (Å²) in [4.78, 5) is 15.9. The molecular weight excluding hydrogens is 275 g/mol. The lowest BCUT2D eigenvalue weighted by atomic mass is 10.1. The second-order valence-corrected chi connectivity index (χ2v) is 4.05. The summed E-state index contributed by atoms with van der Waals surface area (Å²) in [7, 11) is 0. The average molecular weight is 288 g/mol. The molecule has 0 bridgehead atoms. The molecule has 108 valence electrons. The van der Waals surface area contributed by atoms with Gasteiger partial charge < -0.3 is 15.6 Å². The highest BCUT2D eigenvalue weighted by atomic mass is 19.1. The summed E-state index contributed by atoms with van der Waals surface area (Å²) in [6.45, 7) is 0.467. The van der Waals surface area contributed by atoms with Crippen molar-refractivity contribution in [3.05, 3.63) is 47.4 Å². The SMILES string of the molecule is NCC#Cc1ccc(F)cc1C(=O)NCCc1ncon1. The average Bonchev–Trinajstić information content (AvgIpc) is 2.99. The molecule has 2 aromatic rings. The number of rotatable bonds is 4. The van der Waals surface area contributed by atoms with Crippen LogP contribution < -0.4 is 11.1 Å². The highest BCUT2D eigenvalue weighted by Crippen LogP contribution is 2.10. The van der Waals surface area contributed by atoms with Gasteiger partial charge in [-0.25, -0.2) is 4.39 Å². The molecule has 1 aromatic heterocycles. The molecule has 0 aliphatic heterocycles. The van der Waals surface area contributed by atoms with E-state index < -0.39 is 11.7 Å². The van der Waals surface area contributed by atoms with Gasteiger partial charge in [-0.3, -0.25) is 4.79 Å². The number of carbonyl (C=O) groups is 1. The van der Waals surface area contributed by atoms with Crippen LogP contribution in [0.3, 0.4) is 0 Å². The summed E-state index contributed by atoms with van der Waals surface area (Å²) >= 11 is 0. The Kier molecular flexibility index (Phi) is 5.01. The van der Waals surface area contributed by atoms with Crippen molar-refractivity contribution in [2.45, 2.75) is 6.42 Å². The number of benzene rings is 1. The number of amides is 1. The fourth-order valence-electron chi connectivity index (χ4n) is 1.65. The first-order valence-electron chi connectivity index (χ1n) is 6.22. The molecule has 0 radical (unpaired) electrons. The number of hydrogen-bond acceptors (Lipinski definition) is 5. The van der Waals surface area contributed by atoms with E-state index in [1.54, 1.807) is 0 Å². The lowest BCUT2D eigenvalue weighted by molar-refractivity contribution is 0.0953. The Hall–Kier alpha value is -2.72. The second kappa shape index (κ2) is 7.17. The first kappa shape index (κ1) is 14.7. The zero-order valence-electron chi connectivity index (χ0n) is 11.1. The van der Waals surface area contributed by atoms with E-state index in [1.165, 1.54) is 18.5 Å². The lowest BCUT2D eigenvalue weighted by Crippen LogP contribution is -2.26. The molecule has 1 amide bonds. The van der Waals surface area contributed by atoms with Gasteiger partial charge in [-0.15, -0.1) is 0 Å². The standard InChI is InChI=1S/C14H13FN4O2/c15-11-4-3-10(2-1-6-16)12(8-11)14(20)17-7-5-13-18-9-21-19-13/h3-4,8-9H,5-7,16H2,(H,17,20). The molecule has 21 heavy (non-hydrogen) atoms. The number of nitrogens with one attached hydrogen (secondary N) is 1. The highest BCUT2D eigenvalue weighted by molar-refractivity contribution is 5.96. The third kappa shape index (κ3) is 4.12. The monoisotopic (exact) mass is 288 g/mol. The van der Waals surface area contributed by atoms with Gasteiger partial charge in [0, 0.05) is 18.5 Å². The molecule has 6 nitrogen and oxygen atoms in total. The van der Waals surface area contributed by atoms with Gasteiger partial charge >= 0.3 is 0 Å². The van der Waals surface area contributed by atoms with E-state index >= 15 is 0 Å². The summed E-state index contributed by atoms with van der Waals surface area (Å²) in [6, 6.07) is 3.84. The molecule has 0 aliphatic rings. The van der Waals surface area contributed by atoms with Gasteiger partial charge in [-0.1, -0.05) is 17.0 Å². The first-order chi connectivity index (χ1) is 10.2. The fraction of sp³-hybridized carbons (Fsp3) is 0.214. The Morgan fingerprint density at radius 2 is 2.33 bits per heavy atom. The normalized spacial score (nSPS) is 9.81. The van der Waals surface area contributed by atoms with Crippen molar-refractivity contribution in [1.82, 2.24) is 15.5 Å². The summed E-state index contributed by atoms with van der Waals surface area (Å²) in [5.41, 5.74) is 5.90. The molecule has 0 saturated heterocycles. The van der Waals surface area contributed by atoms with Crippen molar-refractivity contribution in [3.8, 4) is 11.8 Å². The van der Waals surface area contributed by atoms with Crippen LogP contribution in [0.2, 0.25) is 0 Å². The van der Waals surface area contributed by atoms with Crippen molar-refractivity contribution < 1.29 is 13.7 Å². The van der Waals surface area contributed by atoms with E-state index in [-0.39, 0.29) is 12.1 Å². The maximum absolute atomic E-state index is 13.3. The predicted octanol–water partition coefficient (Wildman–Crippen LogP) is 0.491. The predicted molar refractivity (Wildman–Crippen MR) is 72.7 cm³/mol.